The van der Waals surface area contributed by atoms with E-state index in [1.165, 1.54) is 10.7 Å². The Labute approximate surface area is 154 Å². The summed E-state index contributed by atoms with van der Waals surface area (Å²) >= 11 is 6.20. The van der Waals surface area contributed by atoms with Crippen LogP contribution < -0.4 is 10.1 Å². The molecule has 3 rings (SSSR count). The molecule has 0 aliphatic heterocycles. The Morgan fingerprint density at radius 3 is 2.85 bits per heavy atom. The van der Waals surface area contributed by atoms with Crippen molar-refractivity contribution in [3.8, 4) is 5.88 Å². The lowest BCUT2D eigenvalue weighted by atomic mass is 10.2. The highest BCUT2D eigenvalue weighted by atomic mass is 35.5. The number of nitrogens with one attached hydrogen (secondary N) is 1. The summed E-state index contributed by atoms with van der Waals surface area (Å²) in [4.78, 5) is 18.6. The Bertz CT molecular complexity index is 943. The Kier molecular flexibility index (Phi) is 5.17. The van der Waals surface area contributed by atoms with E-state index in [0.717, 1.165) is 5.56 Å². The van der Waals surface area contributed by atoms with E-state index >= 15 is 0 Å². The van der Waals surface area contributed by atoms with Crippen LogP contribution in [0.1, 0.15) is 19.4 Å². The van der Waals surface area contributed by atoms with Gasteiger partial charge in [0.15, 0.2) is 5.82 Å². The molecule has 1 N–H and O–H groups in total. The molecular weight excluding hydrogens is 360 g/mol. The highest BCUT2D eigenvalue weighted by Crippen LogP contribution is 2.23. The van der Waals surface area contributed by atoms with E-state index in [0.29, 0.717) is 41.4 Å². The minimum absolute atomic E-state index is 0.194. The van der Waals surface area contributed by atoms with Crippen LogP contribution in [0, 0.1) is 16.0 Å². The largest absolute Gasteiger partial charge is 0.476 e. The molecule has 0 aliphatic carbocycles. The van der Waals surface area contributed by atoms with Gasteiger partial charge in [-0.15, -0.1) is 0 Å². The van der Waals surface area contributed by atoms with Crippen LogP contribution in [-0.2, 0) is 6.54 Å². The Hall–Kier alpha value is -2.94. The molecule has 3 aromatic rings. The summed E-state index contributed by atoms with van der Waals surface area (Å²) < 4.78 is 6.72. The molecule has 0 radical (unpaired) electrons. The van der Waals surface area contributed by atoms with E-state index in [9.17, 15) is 10.1 Å². The van der Waals surface area contributed by atoms with Gasteiger partial charge < -0.3 is 20.2 Å². The summed E-state index contributed by atoms with van der Waals surface area (Å²) in [6.07, 6.45) is 2.83. The number of ether oxygens (including phenoxy) is 1. The number of aromatic nitrogens is 4. The number of fused-ring (bicyclic) bond motifs is 1. The number of halogens is 1. The number of anilines is 1. The average Bonchev–Trinajstić information content (AvgIpc) is 3.02. The van der Waals surface area contributed by atoms with Gasteiger partial charge in [0, 0.05) is 18.8 Å². The normalized spacial score (nSPS) is 11.1. The predicted molar refractivity (Wildman–Crippen MR) is 96.5 cm³/mol. The number of hydrogen-bond donors (Lipinski definition) is 1. The predicted octanol–water partition coefficient (Wildman–Crippen LogP) is 3.33. The number of pyridine rings is 1. The molecule has 3 heterocycles. The van der Waals surface area contributed by atoms with Gasteiger partial charge in [-0.3, -0.25) is 0 Å². The first-order valence-electron chi connectivity index (χ1n) is 7.94. The molecule has 0 saturated carbocycles. The fourth-order valence-corrected chi connectivity index (χ4v) is 2.43. The number of hydrogen-bond acceptors (Lipinski definition) is 7. The molecule has 0 aromatic carbocycles. The van der Waals surface area contributed by atoms with Crippen molar-refractivity contribution in [2.45, 2.75) is 20.4 Å². The van der Waals surface area contributed by atoms with E-state index in [1.807, 2.05) is 13.8 Å². The van der Waals surface area contributed by atoms with Crippen molar-refractivity contribution in [1.82, 2.24) is 19.6 Å². The molecule has 10 heteroatoms. The van der Waals surface area contributed by atoms with Crippen LogP contribution in [0.4, 0.5) is 11.6 Å². The Balaban J connectivity index is 1.70. The molecule has 3 aromatic heterocycles. The summed E-state index contributed by atoms with van der Waals surface area (Å²) in [7, 11) is 0. The maximum absolute atomic E-state index is 11.0. The van der Waals surface area contributed by atoms with Gasteiger partial charge in [-0.05, 0) is 28.5 Å². The molecule has 26 heavy (non-hydrogen) atoms. The smallest absolute Gasteiger partial charge is 0.368 e. The zero-order chi connectivity index (χ0) is 18.7. The summed E-state index contributed by atoms with van der Waals surface area (Å²) in [6, 6.07) is 5.10. The first-order valence-corrected chi connectivity index (χ1v) is 8.32. The third kappa shape index (κ3) is 3.99. The molecule has 0 saturated heterocycles. The number of imidazole rings is 1. The minimum atomic E-state index is -0.531. The summed E-state index contributed by atoms with van der Waals surface area (Å²) in [5.74, 6) is 1.05. The second kappa shape index (κ2) is 7.52. The lowest BCUT2D eigenvalue weighted by molar-refractivity contribution is -0.391. The maximum atomic E-state index is 11.0. The number of nitro groups is 1. The number of nitrogens with zero attached hydrogens (tertiary/aromatic N) is 5. The molecule has 0 aliphatic rings. The average molecular weight is 377 g/mol. The van der Waals surface area contributed by atoms with Crippen LogP contribution in [0.3, 0.4) is 0 Å². The third-order valence-electron chi connectivity index (χ3n) is 3.42. The maximum Gasteiger partial charge on any atom is 0.368 e. The highest BCUT2D eigenvalue weighted by molar-refractivity contribution is 6.31. The molecule has 0 bridgehead atoms. The summed E-state index contributed by atoms with van der Waals surface area (Å²) in [6.45, 7) is 5.03. The molecule has 9 nitrogen and oxygen atoms in total. The molecule has 0 atom stereocenters. The standard InChI is InChI=1S/C16H17ClN6O3/c1-10(2)9-26-16-12(17)5-11(7-20-16)6-18-13-3-4-14-19-8-15(23(24)25)22(14)21-13/h3-5,7-8,10H,6,9H2,1-2H3,(H,18,21). The van der Waals surface area contributed by atoms with Crippen molar-refractivity contribution in [2.75, 3.05) is 11.9 Å². The molecule has 136 valence electrons. The van der Waals surface area contributed by atoms with Gasteiger partial charge in [0.2, 0.25) is 11.5 Å². The van der Waals surface area contributed by atoms with E-state index in [1.54, 1.807) is 24.4 Å². The highest BCUT2D eigenvalue weighted by Gasteiger charge is 2.16. The fraction of sp³-hybridized carbons (Fsp3) is 0.312. The van der Waals surface area contributed by atoms with Crippen molar-refractivity contribution in [1.29, 1.82) is 0 Å². The van der Waals surface area contributed by atoms with Gasteiger partial charge in [0.1, 0.15) is 11.2 Å². The van der Waals surface area contributed by atoms with Gasteiger partial charge in [-0.25, -0.2) is 9.97 Å². The van der Waals surface area contributed by atoms with Crippen LogP contribution in [0.25, 0.3) is 5.65 Å². The lowest BCUT2D eigenvalue weighted by Gasteiger charge is -2.10. The lowest BCUT2D eigenvalue weighted by Crippen LogP contribution is -2.08. The van der Waals surface area contributed by atoms with E-state index < -0.39 is 4.92 Å². The monoisotopic (exact) mass is 376 g/mol. The van der Waals surface area contributed by atoms with E-state index in [2.05, 4.69) is 20.4 Å². The van der Waals surface area contributed by atoms with Gasteiger partial charge in [-0.1, -0.05) is 35.1 Å². The molecule has 0 unspecified atom stereocenters. The van der Waals surface area contributed by atoms with Crippen molar-refractivity contribution in [2.24, 2.45) is 5.92 Å². The molecule has 0 spiro atoms. The quantitative estimate of drug-likeness (QED) is 0.497. The SMILES string of the molecule is CC(C)COc1ncc(CNc2ccc3ncc([N+](=O)[O-])n3n2)cc1Cl. The first-order chi connectivity index (χ1) is 12.4. The molecular formula is C16H17ClN6O3. The van der Waals surface area contributed by atoms with Crippen molar-refractivity contribution in [3.63, 3.8) is 0 Å². The molecule has 0 amide bonds. The van der Waals surface area contributed by atoms with Crippen LogP contribution >= 0.6 is 11.6 Å². The van der Waals surface area contributed by atoms with Gasteiger partial charge in [0.05, 0.1) is 6.61 Å². The Morgan fingerprint density at radius 2 is 2.15 bits per heavy atom. The van der Waals surface area contributed by atoms with Gasteiger partial charge in [-0.2, -0.15) is 0 Å². The topological polar surface area (TPSA) is 107 Å². The van der Waals surface area contributed by atoms with Gasteiger partial charge >= 0.3 is 5.82 Å². The third-order valence-corrected chi connectivity index (χ3v) is 3.69. The van der Waals surface area contributed by atoms with E-state index in [-0.39, 0.29) is 5.82 Å². The minimum Gasteiger partial charge on any atom is -0.476 e. The zero-order valence-corrected chi connectivity index (χ0v) is 15.0. The van der Waals surface area contributed by atoms with Gasteiger partial charge in [0.25, 0.3) is 0 Å². The fourth-order valence-electron chi connectivity index (χ4n) is 2.19. The molecule has 0 fully saturated rings. The van der Waals surface area contributed by atoms with Crippen LogP contribution in [0.5, 0.6) is 5.88 Å². The van der Waals surface area contributed by atoms with Crippen LogP contribution in [-0.4, -0.2) is 31.1 Å². The van der Waals surface area contributed by atoms with Crippen molar-refractivity contribution >= 4 is 28.9 Å². The van der Waals surface area contributed by atoms with Crippen LogP contribution in [0.15, 0.2) is 30.6 Å². The van der Waals surface area contributed by atoms with Crippen molar-refractivity contribution < 1.29 is 9.66 Å². The summed E-state index contributed by atoms with van der Waals surface area (Å²) in [5, 5.41) is 18.7. The summed E-state index contributed by atoms with van der Waals surface area (Å²) in [5.41, 5.74) is 1.23. The zero-order valence-electron chi connectivity index (χ0n) is 14.2. The second-order valence-electron chi connectivity index (χ2n) is 6.05. The van der Waals surface area contributed by atoms with Crippen molar-refractivity contribution in [3.05, 3.63) is 51.3 Å². The van der Waals surface area contributed by atoms with Crippen LogP contribution in [0.2, 0.25) is 5.02 Å². The second-order valence-corrected chi connectivity index (χ2v) is 6.46. The number of rotatable bonds is 7. The Morgan fingerprint density at radius 1 is 1.35 bits per heavy atom. The van der Waals surface area contributed by atoms with E-state index in [4.69, 9.17) is 16.3 Å². The first kappa shape index (κ1) is 17.9.